The van der Waals surface area contributed by atoms with Crippen molar-refractivity contribution in [2.24, 2.45) is 5.92 Å². The van der Waals surface area contributed by atoms with Crippen molar-refractivity contribution in [2.75, 3.05) is 6.61 Å². The molecule has 0 aromatic carbocycles. The molecule has 3 heteroatoms. The topological polar surface area (TPSA) is 46.5 Å². The number of aliphatic hydroxyl groups excluding tert-OH is 1. The lowest BCUT2D eigenvalue weighted by atomic mass is 10.0. The average Bonchev–Trinajstić information content (AvgIpc) is 2.04. The van der Waals surface area contributed by atoms with Gasteiger partial charge in [0.25, 0.3) is 0 Å². The van der Waals surface area contributed by atoms with Crippen LogP contribution in [0.2, 0.25) is 0 Å². The van der Waals surface area contributed by atoms with E-state index in [2.05, 4.69) is 0 Å². The summed E-state index contributed by atoms with van der Waals surface area (Å²) in [5.41, 5.74) is 0. The first-order chi connectivity index (χ1) is 6.07. The minimum atomic E-state index is -0.297. The van der Waals surface area contributed by atoms with Crippen molar-refractivity contribution in [3.8, 4) is 0 Å². The minimum Gasteiger partial charge on any atom is -0.466 e. The van der Waals surface area contributed by atoms with Crippen molar-refractivity contribution < 1.29 is 14.6 Å². The molecule has 0 aliphatic carbocycles. The van der Waals surface area contributed by atoms with E-state index in [4.69, 9.17) is 4.74 Å². The second-order valence-electron chi connectivity index (χ2n) is 3.51. The van der Waals surface area contributed by atoms with Crippen LogP contribution in [-0.2, 0) is 9.53 Å². The third-order valence-electron chi connectivity index (χ3n) is 1.96. The molecule has 0 spiro atoms. The zero-order chi connectivity index (χ0) is 10.3. The number of carbonyl (C=O) groups is 1. The molecule has 0 aliphatic heterocycles. The van der Waals surface area contributed by atoms with E-state index in [1.54, 1.807) is 6.92 Å². The van der Waals surface area contributed by atoms with Crippen LogP contribution in [0.3, 0.4) is 0 Å². The highest BCUT2D eigenvalue weighted by Crippen LogP contribution is 2.09. The Hall–Kier alpha value is -0.570. The molecule has 1 N–H and O–H groups in total. The van der Waals surface area contributed by atoms with Gasteiger partial charge in [0.1, 0.15) is 0 Å². The summed E-state index contributed by atoms with van der Waals surface area (Å²) in [5.74, 6) is 0.0978. The highest BCUT2D eigenvalue weighted by Gasteiger charge is 2.09. The number of carbonyl (C=O) groups excluding carboxylic acids is 1. The van der Waals surface area contributed by atoms with E-state index < -0.39 is 0 Å². The van der Waals surface area contributed by atoms with Crippen LogP contribution in [-0.4, -0.2) is 23.8 Å². The van der Waals surface area contributed by atoms with Crippen LogP contribution in [0.4, 0.5) is 0 Å². The molecular weight excluding hydrogens is 168 g/mol. The number of hydrogen-bond acceptors (Lipinski definition) is 3. The van der Waals surface area contributed by atoms with Crippen molar-refractivity contribution in [3.05, 3.63) is 0 Å². The molecule has 0 aromatic heterocycles. The number of aliphatic hydroxyl groups is 1. The summed E-state index contributed by atoms with van der Waals surface area (Å²) in [6.45, 7) is 6.16. The smallest absolute Gasteiger partial charge is 0.305 e. The van der Waals surface area contributed by atoms with Gasteiger partial charge in [-0.25, -0.2) is 0 Å². The quantitative estimate of drug-likeness (QED) is 0.646. The van der Waals surface area contributed by atoms with E-state index in [9.17, 15) is 9.90 Å². The largest absolute Gasteiger partial charge is 0.466 e. The lowest BCUT2D eigenvalue weighted by molar-refractivity contribution is -0.143. The molecule has 0 saturated heterocycles. The standard InChI is InChI=1S/C10H20O3/c1-4-13-10(12)7-5-6-9(11)8(2)3/h8-9,11H,4-7H2,1-3H3/t9-/m0/s1. The van der Waals surface area contributed by atoms with Gasteiger partial charge in [-0.2, -0.15) is 0 Å². The maximum Gasteiger partial charge on any atom is 0.305 e. The van der Waals surface area contributed by atoms with Crippen LogP contribution in [0.15, 0.2) is 0 Å². The number of rotatable bonds is 6. The third-order valence-corrected chi connectivity index (χ3v) is 1.96. The first-order valence-corrected chi connectivity index (χ1v) is 4.91. The van der Waals surface area contributed by atoms with Crippen molar-refractivity contribution in [1.29, 1.82) is 0 Å². The van der Waals surface area contributed by atoms with Crippen LogP contribution in [0.25, 0.3) is 0 Å². The monoisotopic (exact) mass is 188 g/mol. The Balaban J connectivity index is 3.39. The summed E-state index contributed by atoms with van der Waals surface area (Å²) in [5, 5.41) is 9.42. The SMILES string of the molecule is CCOC(=O)CCC[C@H](O)C(C)C. The Kier molecular flexibility index (Phi) is 6.59. The Labute approximate surface area is 80.1 Å². The highest BCUT2D eigenvalue weighted by atomic mass is 16.5. The number of ether oxygens (including phenoxy) is 1. The van der Waals surface area contributed by atoms with Crippen molar-refractivity contribution in [3.63, 3.8) is 0 Å². The first-order valence-electron chi connectivity index (χ1n) is 4.91. The Morgan fingerprint density at radius 1 is 1.46 bits per heavy atom. The molecule has 0 heterocycles. The molecule has 3 nitrogen and oxygen atoms in total. The maximum absolute atomic E-state index is 10.9. The molecule has 0 aliphatic rings. The van der Waals surface area contributed by atoms with Gasteiger partial charge in [0.15, 0.2) is 0 Å². The maximum atomic E-state index is 10.9. The van der Waals surface area contributed by atoms with Gasteiger partial charge in [0.2, 0.25) is 0 Å². The van der Waals surface area contributed by atoms with Gasteiger partial charge in [-0.15, -0.1) is 0 Å². The van der Waals surface area contributed by atoms with Crippen LogP contribution >= 0.6 is 0 Å². The van der Waals surface area contributed by atoms with Crippen LogP contribution in [0.5, 0.6) is 0 Å². The predicted molar refractivity (Wildman–Crippen MR) is 51.3 cm³/mol. The van der Waals surface area contributed by atoms with Gasteiger partial charge in [-0.3, -0.25) is 4.79 Å². The molecule has 0 bridgehead atoms. The predicted octanol–water partition coefficient (Wildman–Crippen LogP) is 1.74. The Morgan fingerprint density at radius 2 is 2.08 bits per heavy atom. The van der Waals surface area contributed by atoms with Gasteiger partial charge >= 0.3 is 5.97 Å². The third kappa shape index (κ3) is 6.58. The van der Waals surface area contributed by atoms with Gasteiger partial charge < -0.3 is 9.84 Å². The summed E-state index contributed by atoms with van der Waals surface area (Å²) in [4.78, 5) is 10.9. The molecule has 0 amide bonds. The van der Waals surface area contributed by atoms with E-state index in [-0.39, 0.29) is 18.0 Å². The molecular formula is C10H20O3. The fourth-order valence-electron chi connectivity index (χ4n) is 1.02. The highest BCUT2D eigenvalue weighted by molar-refractivity contribution is 5.69. The summed E-state index contributed by atoms with van der Waals surface area (Å²) < 4.78 is 4.76. The molecule has 0 aromatic rings. The molecule has 0 rings (SSSR count). The van der Waals surface area contributed by atoms with Gasteiger partial charge in [0.05, 0.1) is 12.7 Å². The fourth-order valence-corrected chi connectivity index (χ4v) is 1.02. The molecule has 0 radical (unpaired) electrons. The molecule has 1 atom stereocenters. The van der Waals surface area contributed by atoms with E-state index in [1.807, 2.05) is 13.8 Å². The fraction of sp³-hybridized carbons (Fsp3) is 0.900. The number of hydrogen-bond donors (Lipinski definition) is 1. The van der Waals surface area contributed by atoms with E-state index in [0.29, 0.717) is 25.9 Å². The van der Waals surface area contributed by atoms with Crippen LogP contribution in [0.1, 0.15) is 40.0 Å². The van der Waals surface area contributed by atoms with Crippen molar-refractivity contribution >= 4 is 5.97 Å². The number of esters is 1. The zero-order valence-corrected chi connectivity index (χ0v) is 8.75. The van der Waals surface area contributed by atoms with Gasteiger partial charge in [-0.05, 0) is 25.7 Å². The van der Waals surface area contributed by atoms with Gasteiger partial charge in [0, 0.05) is 6.42 Å². The van der Waals surface area contributed by atoms with Gasteiger partial charge in [-0.1, -0.05) is 13.8 Å². The second kappa shape index (κ2) is 6.89. The summed E-state index contributed by atoms with van der Waals surface area (Å²) in [7, 11) is 0. The Morgan fingerprint density at radius 3 is 2.54 bits per heavy atom. The molecule has 0 saturated carbocycles. The zero-order valence-electron chi connectivity index (χ0n) is 8.75. The van der Waals surface area contributed by atoms with Crippen molar-refractivity contribution in [2.45, 2.75) is 46.1 Å². The molecule has 0 fully saturated rings. The summed E-state index contributed by atoms with van der Waals surface area (Å²) in [6.07, 6.45) is 1.50. The minimum absolute atomic E-state index is 0.168. The first kappa shape index (κ1) is 12.4. The molecule has 13 heavy (non-hydrogen) atoms. The van der Waals surface area contributed by atoms with E-state index in [1.165, 1.54) is 0 Å². The summed E-state index contributed by atoms with van der Waals surface area (Å²) >= 11 is 0. The molecule has 78 valence electrons. The normalized spacial score (nSPS) is 13.0. The molecule has 0 unspecified atom stereocenters. The Bertz CT molecular complexity index is 143. The lowest BCUT2D eigenvalue weighted by Gasteiger charge is -2.13. The van der Waals surface area contributed by atoms with Crippen LogP contribution in [0, 0.1) is 5.92 Å². The van der Waals surface area contributed by atoms with E-state index in [0.717, 1.165) is 0 Å². The lowest BCUT2D eigenvalue weighted by Crippen LogP contribution is -2.15. The van der Waals surface area contributed by atoms with Crippen LogP contribution < -0.4 is 0 Å². The second-order valence-corrected chi connectivity index (χ2v) is 3.51. The summed E-state index contributed by atoms with van der Waals surface area (Å²) in [6, 6.07) is 0. The van der Waals surface area contributed by atoms with Crippen molar-refractivity contribution in [1.82, 2.24) is 0 Å². The average molecular weight is 188 g/mol. The van der Waals surface area contributed by atoms with E-state index >= 15 is 0 Å².